The van der Waals surface area contributed by atoms with Crippen LogP contribution in [0.25, 0.3) is 11.3 Å². The van der Waals surface area contributed by atoms with Gasteiger partial charge in [0.15, 0.2) is 0 Å². The normalized spacial score (nSPS) is 16.2. The number of rotatable bonds is 8. The van der Waals surface area contributed by atoms with Crippen molar-refractivity contribution < 1.29 is 9.13 Å². The molecule has 0 spiro atoms. The van der Waals surface area contributed by atoms with Gasteiger partial charge in [0.2, 0.25) is 0 Å². The third kappa shape index (κ3) is 6.43. The molecule has 1 aliphatic rings. The van der Waals surface area contributed by atoms with Gasteiger partial charge < -0.3 is 15.9 Å². The standard InChI is InChI=1S/C26H29FN4O/c1-18(16-31-29)9-11-32-25-14-22(13-23(15-25)20-5-7-24(27)8-6-20)19(2)12-26(28)21-4-3-10-30-17-21/h3-8,10,12-13,15-17,31H,9,11,14,28-29H2,1-2H3/b18-16+,22-19-,26-12-. The average Bonchev–Trinajstić information content (AvgIpc) is 2.80. The molecule has 166 valence electrons. The number of hydrazine groups is 1. The summed E-state index contributed by atoms with van der Waals surface area (Å²) in [4.78, 5) is 4.13. The molecule has 1 aliphatic carbocycles. The number of hydrogen-bond acceptors (Lipinski definition) is 5. The van der Waals surface area contributed by atoms with Crippen molar-refractivity contribution in [1.29, 1.82) is 0 Å². The second kappa shape index (κ2) is 11.1. The minimum Gasteiger partial charge on any atom is -0.497 e. The maximum Gasteiger partial charge on any atom is 0.123 e. The summed E-state index contributed by atoms with van der Waals surface area (Å²) >= 11 is 0. The number of allylic oxidation sites excluding steroid dienone is 6. The first-order chi connectivity index (χ1) is 15.5. The predicted octanol–water partition coefficient (Wildman–Crippen LogP) is 4.98. The van der Waals surface area contributed by atoms with Crippen LogP contribution in [0.3, 0.4) is 0 Å². The van der Waals surface area contributed by atoms with Gasteiger partial charge in [-0.25, -0.2) is 4.39 Å². The molecule has 6 heteroatoms. The molecule has 0 bridgehead atoms. The van der Waals surface area contributed by atoms with Crippen LogP contribution in [0, 0.1) is 5.82 Å². The predicted molar refractivity (Wildman–Crippen MR) is 128 cm³/mol. The third-order valence-corrected chi connectivity index (χ3v) is 5.18. The average molecular weight is 433 g/mol. The number of ether oxygens (including phenoxy) is 1. The highest BCUT2D eigenvalue weighted by Crippen LogP contribution is 2.32. The molecule has 1 aromatic carbocycles. The van der Waals surface area contributed by atoms with E-state index in [1.807, 2.05) is 38.1 Å². The number of aromatic nitrogens is 1. The number of nitrogens with two attached hydrogens (primary N) is 2. The first-order valence-electron chi connectivity index (χ1n) is 10.5. The summed E-state index contributed by atoms with van der Waals surface area (Å²) in [6.45, 7) is 4.55. The lowest BCUT2D eigenvalue weighted by Crippen LogP contribution is -2.14. The van der Waals surface area contributed by atoms with Gasteiger partial charge in [-0.1, -0.05) is 23.8 Å². The van der Waals surface area contributed by atoms with Crippen molar-refractivity contribution in [2.24, 2.45) is 11.6 Å². The Morgan fingerprint density at radius 1 is 1.19 bits per heavy atom. The van der Waals surface area contributed by atoms with E-state index in [0.717, 1.165) is 45.6 Å². The molecular formula is C26H29FN4O. The Morgan fingerprint density at radius 3 is 2.66 bits per heavy atom. The molecule has 0 amide bonds. The molecule has 0 aliphatic heterocycles. The Labute approximate surface area is 188 Å². The third-order valence-electron chi connectivity index (χ3n) is 5.18. The van der Waals surface area contributed by atoms with Crippen molar-refractivity contribution >= 4 is 11.3 Å². The zero-order valence-electron chi connectivity index (χ0n) is 18.4. The van der Waals surface area contributed by atoms with E-state index in [1.165, 1.54) is 12.1 Å². The van der Waals surface area contributed by atoms with Crippen LogP contribution in [-0.2, 0) is 4.74 Å². The Balaban J connectivity index is 1.89. The fraction of sp³-hybridized carbons (Fsp3) is 0.192. The van der Waals surface area contributed by atoms with Gasteiger partial charge >= 0.3 is 0 Å². The van der Waals surface area contributed by atoms with Crippen molar-refractivity contribution in [3.05, 3.63) is 113 Å². The maximum absolute atomic E-state index is 13.4. The Morgan fingerprint density at radius 2 is 1.97 bits per heavy atom. The van der Waals surface area contributed by atoms with Crippen molar-refractivity contribution in [3.63, 3.8) is 0 Å². The van der Waals surface area contributed by atoms with E-state index in [2.05, 4.69) is 16.5 Å². The van der Waals surface area contributed by atoms with E-state index < -0.39 is 0 Å². The van der Waals surface area contributed by atoms with Gasteiger partial charge in [-0.05, 0) is 72.5 Å². The van der Waals surface area contributed by atoms with Crippen LogP contribution in [0.2, 0.25) is 0 Å². The Hall–Kier alpha value is -3.64. The molecule has 2 aromatic rings. The van der Waals surface area contributed by atoms with Crippen LogP contribution >= 0.6 is 0 Å². The van der Waals surface area contributed by atoms with Crippen molar-refractivity contribution in [2.75, 3.05) is 6.61 Å². The fourth-order valence-electron chi connectivity index (χ4n) is 3.35. The number of hydrogen-bond donors (Lipinski definition) is 3. The quantitative estimate of drug-likeness (QED) is 0.404. The van der Waals surface area contributed by atoms with Gasteiger partial charge in [-0.2, -0.15) is 0 Å². The van der Waals surface area contributed by atoms with E-state index in [4.69, 9.17) is 16.3 Å². The number of halogens is 1. The van der Waals surface area contributed by atoms with Gasteiger partial charge in [0, 0.05) is 42.7 Å². The molecular weight excluding hydrogens is 403 g/mol. The highest BCUT2D eigenvalue weighted by molar-refractivity contribution is 5.79. The molecule has 0 saturated carbocycles. The summed E-state index contributed by atoms with van der Waals surface area (Å²) in [6.07, 6.45) is 12.7. The molecule has 0 radical (unpaired) electrons. The molecule has 0 unspecified atom stereocenters. The summed E-state index contributed by atoms with van der Waals surface area (Å²) in [6, 6.07) is 10.3. The minimum absolute atomic E-state index is 0.263. The zero-order valence-corrected chi connectivity index (χ0v) is 18.4. The van der Waals surface area contributed by atoms with Gasteiger partial charge in [0.05, 0.1) is 6.61 Å². The summed E-state index contributed by atoms with van der Waals surface area (Å²) in [5.74, 6) is 5.92. The van der Waals surface area contributed by atoms with Crippen molar-refractivity contribution in [1.82, 2.24) is 10.4 Å². The van der Waals surface area contributed by atoms with Gasteiger partial charge in [0.25, 0.3) is 0 Å². The molecule has 5 nitrogen and oxygen atoms in total. The highest BCUT2D eigenvalue weighted by atomic mass is 19.1. The van der Waals surface area contributed by atoms with E-state index in [-0.39, 0.29) is 5.82 Å². The largest absolute Gasteiger partial charge is 0.497 e. The van der Waals surface area contributed by atoms with Crippen LogP contribution < -0.4 is 17.0 Å². The number of benzene rings is 1. The van der Waals surface area contributed by atoms with E-state index in [9.17, 15) is 4.39 Å². The fourth-order valence-corrected chi connectivity index (χ4v) is 3.35. The van der Waals surface area contributed by atoms with Gasteiger partial charge in [0.1, 0.15) is 11.6 Å². The second-order valence-electron chi connectivity index (χ2n) is 7.70. The lowest BCUT2D eigenvalue weighted by molar-refractivity contribution is 0.210. The molecule has 1 heterocycles. The monoisotopic (exact) mass is 432 g/mol. The lowest BCUT2D eigenvalue weighted by atomic mass is 9.92. The maximum atomic E-state index is 13.4. The second-order valence-corrected chi connectivity index (χ2v) is 7.70. The van der Waals surface area contributed by atoms with Crippen molar-refractivity contribution in [2.45, 2.75) is 26.7 Å². The van der Waals surface area contributed by atoms with E-state index >= 15 is 0 Å². The summed E-state index contributed by atoms with van der Waals surface area (Å²) in [5.41, 5.74) is 15.5. The molecule has 0 atom stereocenters. The Bertz CT molecular complexity index is 1080. The SMILES string of the molecule is C/C(=C\NN)CCOC1=CC(c2ccc(F)cc2)=C/C(=C(C)/C=C(\N)c2cccnc2)C1. The first-order valence-corrected chi connectivity index (χ1v) is 10.5. The zero-order chi connectivity index (χ0) is 22.9. The topological polar surface area (TPSA) is 86.2 Å². The van der Waals surface area contributed by atoms with Crippen LogP contribution in [0.15, 0.2) is 95.7 Å². The smallest absolute Gasteiger partial charge is 0.123 e. The van der Waals surface area contributed by atoms with Crippen LogP contribution in [0.4, 0.5) is 4.39 Å². The molecule has 5 N–H and O–H groups in total. The minimum atomic E-state index is -0.263. The van der Waals surface area contributed by atoms with Crippen LogP contribution in [0.1, 0.15) is 37.8 Å². The molecule has 3 rings (SSSR count). The van der Waals surface area contributed by atoms with Crippen LogP contribution in [0.5, 0.6) is 0 Å². The molecule has 32 heavy (non-hydrogen) atoms. The number of pyridine rings is 1. The van der Waals surface area contributed by atoms with Crippen molar-refractivity contribution in [3.8, 4) is 0 Å². The summed E-state index contributed by atoms with van der Waals surface area (Å²) < 4.78 is 19.5. The number of nitrogens with zero attached hydrogens (tertiary/aromatic N) is 1. The molecule has 0 fully saturated rings. The van der Waals surface area contributed by atoms with Gasteiger partial charge in [-0.15, -0.1) is 0 Å². The lowest BCUT2D eigenvalue weighted by Gasteiger charge is -2.19. The first kappa shape index (κ1) is 23.0. The molecule has 1 aromatic heterocycles. The van der Waals surface area contributed by atoms with Crippen LogP contribution in [-0.4, -0.2) is 11.6 Å². The Kier molecular flexibility index (Phi) is 8.00. The highest BCUT2D eigenvalue weighted by Gasteiger charge is 2.14. The molecule has 0 saturated heterocycles. The van der Waals surface area contributed by atoms with E-state index in [1.54, 1.807) is 30.7 Å². The summed E-state index contributed by atoms with van der Waals surface area (Å²) in [5, 5.41) is 0. The van der Waals surface area contributed by atoms with E-state index in [0.29, 0.717) is 18.7 Å². The number of nitrogens with one attached hydrogen (secondary N) is 1. The summed E-state index contributed by atoms with van der Waals surface area (Å²) in [7, 11) is 0. The van der Waals surface area contributed by atoms with Gasteiger partial charge in [-0.3, -0.25) is 10.8 Å².